The summed E-state index contributed by atoms with van der Waals surface area (Å²) in [4.78, 5) is 24.5. The zero-order valence-corrected chi connectivity index (χ0v) is 9.80. The standard InChI is InChI=1S/C16H12O2/c17-15(11-6-2-1-3-7-11)14-10-12-8-4-5-9-13(12)16(14)18/h1-9,14H,10H2. The predicted octanol–water partition coefficient (Wildman–Crippen LogP) is 2.92. The fourth-order valence-electron chi connectivity index (χ4n) is 2.45. The van der Waals surface area contributed by atoms with E-state index in [1.807, 2.05) is 36.4 Å². The van der Waals surface area contributed by atoms with Crippen molar-refractivity contribution >= 4 is 11.6 Å². The molecule has 0 N–H and O–H groups in total. The molecule has 1 atom stereocenters. The minimum absolute atomic E-state index is 0.0422. The molecule has 1 aliphatic rings. The Hall–Kier alpha value is -2.22. The van der Waals surface area contributed by atoms with Crippen LogP contribution in [0, 0.1) is 5.92 Å². The molecular formula is C16H12O2. The molecule has 0 heterocycles. The second-order valence-corrected chi connectivity index (χ2v) is 4.51. The number of rotatable bonds is 2. The monoisotopic (exact) mass is 236 g/mol. The Bertz CT molecular complexity index is 614. The molecule has 0 amide bonds. The van der Waals surface area contributed by atoms with E-state index in [0.29, 0.717) is 17.5 Å². The van der Waals surface area contributed by atoms with E-state index in [1.165, 1.54) is 0 Å². The zero-order chi connectivity index (χ0) is 12.5. The maximum Gasteiger partial charge on any atom is 0.174 e. The van der Waals surface area contributed by atoms with Gasteiger partial charge in [0.15, 0.2) is 11.6 Å². The molecule has 2 aromatic rings. The minimum atomic E-state index is -0.537. The van der Waals surface area contributed by atoms with Gasteiger partial charge in [-0.05, 0) is 12.0 Å². The Kier molecular flexibility index (Phi) is 2.56. The molecule has 0 spiro atoms. The summed E-state index contributed by atoms with van der Waals surface area (Å²) >= 11 is 0. The third-order valence-electron chi connectivity index (χ3n) is 3.40. The summed E-state index contributed by atoms with van der Waals surface area (Å²) in [5, 5.41) is 0. The van der Waals surface area contributed by atoms with E-state index in [0.717, 1.165) is 5.56 Å². The molecule has 0 fully saturated rings. The van der Waals surface area contributed by atoms with E-state index >= 15 is 0 Å². The molecular weight excluding hydrogens is 224 g/mol. The van der Waals surface area contributed by atoms with Crippen LogP contribution < -0.4 is 0 Å². The molecule has 0 aromatic heterocycles. The topological polar surface area (TPSA) is 34.1 Å². The van der Waals surface area contributed by atoms with Crippen LogP contribution in [0.5, 0.6) is 0 Å². The molecule has 0 bridgehead atoms. The Labute approximate surface area is 105 Å². The fraction of sp³-hybridized carbons (Fsp3) is 0.125. The number of hydrogen-bond donors (Lipinski definition) is 0. The van der Waals surface area contributed by atoms with Gasteiger partial charge >= 0.3 is 0 Å². The van der Waals surface area contributed by atoms with Crippen molar-refractivity contribution in [1.29, 1.82) is 0 Å². The lowest BCUT2D eigenvalue weighted by molar-refractivity contribution is 0.0822. The average molecular weight is 236 g/mol. The summed E-state index contributed by atoms with van der Waals surface area (Å²) in [6.45, 7) is 0. The number of Topliss-reactive ketones (excluding diaryl/α,β-unsaturated/α-hetero) is 2. The second kappa shape index (κ2) is 4.22. The van der Waals surface area contributed by atoms with Crippen molar-refractivity contribution in [2.45, 2.75) is 6.42 Å². The zero-order valence-electron chi connectivity index (χ0n) is 9.80. The lowest BCUT2D eigenvalue weighted by Gasteiger charge is -2.06. The molecule has 18 heavy (non-hydrogen) atoms. The van der Waals surface area contributed by atoms with E-state index in [9.17, 15) is 9.59 Å². The van der Waals surface area contributed by atoms with Crippen LogP contribution in [-0.2, 0) is 6.42 Å². The van der Waals surface area contributed by atoms with E-state index in [1.54, 1.807) is 18.2 Å². The van der Waals surface area contributed by atoms with Gasteiger partial charge in [-0.2, -0.15) is 0 Å². The summed E-state index contributed by atoms with van der Waals surface area (Å²) in [7, 11) is 0. The Morgan fingerprint density at radius 2 is 1.61 bits per heavy atom. The number of benzene rings is 2. The van der Waals surface area contributed by atoms with Crippen molar-refractivity contribution in [1.82, 2.24) is 0 Å². The van der Waals surface area contributed by atoms with Crippen molar-refractivity contribution in [3.8, 4) is 0 Å². The molecule has 2 heteroatoms. The maximum atomic E-state index is 12.3. The summed E-state index contributed by atoms with van der Waals surface area (Å²) in [5.41, 5.74) is 2.30. The Balaban J connectivity index is 1.94. The Morgan fingerprint density at radius 3 is 2.33 bits per heavy atom. The van der Waals surface area contributed by atoms with Gasteiger partial charge in [0.2, 0.25) is 0 Å². The van der Waals surface area contributed by atoms with Gasteiger partial charge in [0.05, 0.1) is 5.92 Å². The molecule has 0 saturated carbocycles. The number of carbonyl (C=O) groups is 2. The molecule has 1 aliphatic carbocycles. The van der Waals surface area contributed by atoms with E-state index in [4.69, 9.17) is 0 Å². The first-order valence-corrected chi connectivity index (χ1v) is 5.99. The summed E-state index contributed by atoms with van der Waals surface area (Å²) in [5.74, 6) is -0.652. The van der Waals surface area contributed by atoms with E-state index in [-0.39, 0.29) is 11.6 Å². The first kappa shape index (κ1) is 10.9. The maximum absolute atomic E-state index is 12.3. The van der Waals surface area contributed by atoms with Gasteiger partial charge in [0.1, 0.15) is 0 Å². The van der Waals surface area contributed by atoms with Gasteiger partial charge in [0, 0.05) is 11.1 Å². The molecule has 0 saturated heterocycles. The summed E-state index contributed by atoms with van der Waals surface area (Å²) < 4.78 is 0. The molecule has 0 radical (unpaired) electrons. The van der Waals surface area contributed by atoms with Crippen LogP contribution in [0.15, 0.2) is 54.6 Å². The van der Waals surface area contributed by atoms with Crippen LogP contribution >= 0.6 is 0 Å². The van der Waals surface area contributed by atoms with E-state index < -0.39 is 5.92 Å². The normalized spacial score (nSPS) is 17.6. The van der Waals surface area contributed by atoms with Gasteiger partial charge in [0.25, 0.3) is 0 Å². The van der Waals surface area contributed by atoms with Crippen LogP contribution in [0.3, 0.4) is 0 Å². The lowest BCUT2D eigenvalue weighted by atomic mass is 9.94. The van der Waals surface area contributed by atoms with Gasteiger partial charge < -0.3 is 0 Å². The highest BCUT2D eigenvalue weighted by molar-refractivity contribution is 6.18. The lowest BCUT2D eigenvalue weighted by Crippen LogP contribution is -2.20. The van der Waals surface area contributed by atoms with Crippen molar-refractivity contribution < 1.29 is 9.59 Å². The quantitative estimate of drug-likeness (QED) is 0.593. The van der Waals surface area contributed by atoms with Crippen molar-refractivity contribution in [2.75, 3.05) is 0 Å². The van der Waals surface area contributed by atoms with Crippen molar-refractivity contribution in [3.05, 3.63) is 71.3 Å². The van der Waals surface area contributed by atoms with Crippen LogP contribution in [0.1, 0.15) is 26.3 Å². The average Bonchev–Trinajstić information content (AvgIpc) is 2.77. The molecule has 88 valence electrons. The highest BCUT2D eigenvalue weighted by Gasteiger charge is 2.35. The fourth-order valence-corrected chi connectivity index (χ4v) is 2.45. The molecule has 2 nitrogen and oxygen atoms in total. The largest absolute Gasteiger partial charge is 0.293 e. The van der Waals surface area contributed by atoms with Crippen molar-refractivity contribution in [2.24, 2.45) is 5.92 Å². The first-order chi connectivity index (χ1) is 8.77. The summed E-state index contributed by atoms with van der Waals surface area (Å²) in [6, 6.07) is 16.5. The SMILES string of the molecule is O=C(c1ccccc1)C1Cc2ccccc2C1=O. The number of hydrogen-bond acceptors (Lipinski definition) is 2. The first-order valence-electron chi connectivity index (χ1n) is 5.99. The van der Waals surface area contributed by atoms with Crippen LogP contribution in [0.4, 0.5) is 0 Å². The number of carbonyl (C=O) groups excluding carboxylic acids is 2. The van der Waals surface area contributed by atoms with Crippen LogP contribution in [0.2, 0.25) is 0 Å². The number of ketones is 2. The van der Waals surface area contributed by atoms with E-state index in [2.05, 4.69) is 0 Å². The molecule has 0 aliphatic heterocycles. The van der Waals surface area contributed by atoms with Gasteiger partial charge in [-0.15, -0.1) is 0 Å². The molecule has 3 rings (SSSR count). The van der Waals surface area contributed by atoms with Gasteiger partial charge in [-0.25, -0.2) is 0 Å². The second-order valence-electron chi connectivity index (χ2n) is 4.51. The highest BCUT2D eigenvalue weighted by Crippen LogP contribution is 2.28. The highest BCUT2D eigenvalue weighted by atomic mass is 16.2. The van der Waals surface area contributed by atoms with Crippen LogP contribution in [-0.4, -0.2) is 11.6 Å². The smallest absolute Gasteiger partial charge is 0.174 e. The van der Waals surface area contributed by atoms with Crippen LogP contribution in [0.25, 0.3) is 0 Å². The predicted molar refractivity (Wildman–Crippen MR) is 68.7 cm³/mol. The number of fused-ring (bicyclic) bond motifs is 1. The molecule has 2 aromatic carbocycles. The van der Waals surface area contributed by atoms with Gasteiger partial charge in [-0.3, -0.25) is 9.59 Å². The third kappa shape index (κ3) is 1.66. The third-order valence-corrected chi connectivity index (χ3v) is 3.40. The van der Waals surface area contributed by atoms with Gasteiger partial charge in [-0.1, -0.05) is 54.6 Å². The Morgan fingerprint density at radius 1 is 0.944 bits per heavy atom. The molecule has 1 unspecified atom stereocenters. The van der Waals surface area contributed by atoms with Crippen molar-refractivity contribution in [3.63, 3.8) is 0 Å². The summed E-state index contributed by atoms with van der Waals surface area (Å²) in [6.07, 6.45) is 0.530. The minimum Gasteiger partial charge on any atom is -0.293 e.